The Kier molecular flexibility index (Phi) is 7.77. The van der Waals surface area contributed by atoms with E-state index in [9.17, 15) is 9.59 Å². The number of nitrogens with zero attached hydrogens (tertiary/aromatic N) is 2. The number of carbonyl (C=O) groups is 2. The fraction of sp³-hybridized carbons (Fsp3) is 0.421. The molecule has 3 rings (SSSR count). The second kappa shape index (κ2) is 9.82. The largest absolute Gasteiger partial charge is 0.352 e. The number of aryl methyl sites for hydroxylation is 1. The molecule has 0 radical (unpaired) electrons. The highest BCUT2D eigenvalue weighted by molar-refractivity contribution is 7.09. The summed E-state index contributed by atoms with van der Waals surface area (Å²) in [5, 5.41) is 5.53. The van der Waals surface area contributed by atoms with Gasteiger partial charge < -0.3 is 16.0 Å². The van der Waals surface area contributed by atoms with Crippen LogP contribution in [0.3, 0.4) is 0 Å². The molecule has 0 spiro atoms. The van der Waals surface area contributed by atoms with Gasteiger partial charge in [-0.2, -0.15) is 0 Å². The van der Waals surface area contributed by atoms with Crippen molar-refractivity contribution in [2.75, 3.05) is 13.1 Å². The molecule has 0 aliphatic carbocycles. The number of piperidine rings is 1. The molecule has 2 amide bonds. The molecule has 1 aliphatic heterocycles. The standard InChI is InChI=1S/C19H24N4O2S.ClH/c1-13-2-4-14(5-3-13)11-21-18(24)15-6-8-23(9-7-15)19(25)16-12-26-17(10-20)22-16;/h2-5,12,15H,6-11,20H2,1H3,(H,21,24);1H. The van der Waals surface area contributed by atoms with Crippen molar-refractivity contribution in [3.63, 3.8) is 0 Å². The SMILES string of the molecule is Cc1ccc(CNC(=O)C2CCN(C(=O)c3csc(CN)n3)CC2)cc1.Cl. The van der Waals surface area contributed by atoms with Crippen molar-refractivity contribution in [3.8, 4) is 0 Å². The second-order valence-corrected chi connectivity index (χ2v) is 7.54. The normalized spacial score (nSPS) is 14.5. The number of likely N-dealkylation sites (tertiary alicyclic amines) is 1. The zero-order valence-electron chi connectivity index (χ0n) is 15.3. The predicted molar refractivity (Wildman–Crippen MR) is 109 cm³/mol. The van der Waals surface area contributed by atoms with Crippen LogP contribution in [0.15, 0.2) is 29.6 Å². The van der Waals surface area contributed by atoms with Crippen molar-refractivity contribution in [2.45, 2.75) is 32.9 Å². The van der Waals surface area contributed by atoms with Gasteiger partial charge in [-0.1, -0.05) is 29.8 Å². The molecule has 0 saturated carbocycles. The van der Waals surface area contributed by atoms with Gasteiger partial charge >= 0.3 is 0 Å². The number of hydrogen-bond acceptors (Lipinski definition) is 5. The van der Waals surface area contributed by atoms with Crippen molar-refractivity contribution >= 4 is 35.6 Å². The number of carbonyl (C=O) groups excluding carboxylic acids is 2. The second-order valence-electron chi connectivity index (χ2n) is 6.60. The molecule has 1 aromatic carbocycles. The maximum Gasteiger partial charge on any atom is 0.273 e. The summed E-state index contributed by atoms with van der Waals surface area (Å²) in [5.74, 6) is -0.0456. The Labute approximate surface area is 169 Å². The summed E-state index contributed by atoms with van der Waals surface area (Å²) in [5.41, 5.74) is 8.30. The lowest BCUT2D eigenvalue weighted by Gasteiger charge is -2.31. The van der Waals surface area contributed by atoms with E-state index in [4.69, 9.17) is 5.73 Å². The van der Waals surface area contributed by atoms with Gasteiger partial charge in [0.25, 0.3) is 5.91 Å². The number of thiazole rings is 1. The molecule has 3 N–H and O–H groups in total. The molecule has 8 heteroatoms. The van der Waals surface area contributed by atoms with E-state index >= 15 is 0 Å². The minimum atomic E-state index is -0.0699. The quantitative estimate of drug-likeness (QED) is 0.795. The molecule has 6 nitrogen and oxygen atoms in total. The molecular weight excluding hydrogens is 384 g/mol. The van der Waals surface area contributed by atoms with E-state index < -0.39 is 0 Å². The maximum atomic E-state index is 12.5. The van der Waals surface area contributed by atoms with Gasteiger partial charge in [-0.15, -0.1) is 23.7 Å². The number of nitrogens with one attached hydrogen (secondary N) is 1. The summed E-state index contributed by atoms with van der Waals surface area (Å²) in [6.07, 6.45) is 1.36. The summed E-state index contributed by atoms with van der Waals surface area (Å²) in [7, 11) is 0. The number of amides is 2. The Morgan fingerprint density at radius 2 is 1.93 bits per heavy atom. The van der Waals surface area contributed by atoms with Gasteiger partial charge in [0.05, 0.1) is 0 Å². The van der Waals surface area contributed by atoms with E-state index in [0.29, 0.717) is 44.7 Å². The van der Waals surface area contributed by atoms with Crippen LogP contribution >= 0.6 is 23.7 Å². The van der Waals surface area contributed by atoms with Gasteiger partial charge in [-0.05, 0) is 25.3 Å². The molecule has 2 heterocycles. The van der Waals surface area contributed by atoms with Gasteiger partial charge in [-0.25, -0.2) is 4.98 Å². The van der Waals surface area contributed by atoms with Crippen molar-refractivity contribution in [3.05, 3.63) is 51.5 Å². The minimum absolute atomic E-state index is 0. The van der Waals surface area contributed by atoms with Crippen LogP contribution in [-0.2, 0) is 17.9 Å². The highest BCUT2D eigenvalue weighted by atomic mass is 35.5. The average Bonchev–Trinajstić information content (AvgIpc) is 3.16. The molecule has 0 atom stereocenters. The molecule has 27 heavy (non-hydrogen) atoms. The van der Waals surface area contributed by atoms with Crippen LogP contribution in [-0.4, -0.2) is 34.8 Å². The van der Waals surface area contributed by atoms with E-state index in [1.54, 1.807) is 10.3 Å². The van der Waals surface area contributed by atoms with Crippen LogP contribution in [0.2, 0.25) is 0 Å². The molecule has 2 aromatic rings. The molecular formula is C19H25ClN4O2S. The first-order valence-corrected chi connectivity index (χ1v) is 9.72. The Balaban J connectivity index is 0.00000261. The highest BCUT2D eigenvalue weighted by Crippen LogP contribution is 2.20. The summed E-state index contributed by atoms with van der Waals surface area (Å²) in [6.45, 7) is 4.09. The topological polar surface area (TPSA) is 88.3 Å². The summed E-state index contributed by atoms with van der Waals surface area (Å²) in [6, 6.07) is 8.14. The zero-order chi connectivity index (χ0) is 18.5. The molecule has 1 fully saturated rings. The summed E-state index contributed by atoms with van der Waals surface area (Å²) in [4.78, 5) is 30.9. The number of benzene rings is 1. The lowest BCUT2D eigenvalue weighted by atomic mass is 9.95. The van der Waals surface area contributed by atoms with Crippen LogP contribution in [0, 0.1) is 12.8 Å². The Morgan fingerprint density at radius 3 is 2.52 bits per heavy atom. The Hall–Kier alpha value is -1.96. The average molecular weight is 409 g/mol. The molecule has 1 aromatic heterocycles. The van der Waals surface area contributed by atoms with E-state index in [1.807, 2.05) is 31.2 Å². The number of rotatable bonds is 5. The summed E-state index contributed by atoms with van der Waals surface area (Å²) >= 11 is 1.40. The first-order valence-electron chi connectivity index (χ1n) is 8.84. The summed E-state index contributed by atoms with van der Waals surface area (Å²) < 4.78 is 0. The first kappa shape index (κ1) is 21.3. The lowest BCUT2D eigenvalue weighted by molar-refractivity contribution is -0.126. The van der Waals surface area contributed by atoms with Crippen LogP contribution in [0.5, 0.6) is 0 Å². The molecule has 146 valence electrons. The molecule has 1 aliphatic rings. The fourth-order valence-corrected chi connectivity index (χ4v) is 3.70. The van der Waals surface area contributed by atoms with E-state index in [-0.39, 0.29) is 30.1 Å². The van der Waals surface area contributed by atoms with Gasteiger partial charge in [0.2, 0.25) is 5.91 Å². The number of halogens is 1. The predicted octanol–water partition coefficient (Wildman–Crippen LogP) is 2.50. The van der Waals surface area contributed by atoms with Gasteiger partial charge in [0, 0.05) is 37.5 Å². The lowest BCUT2D eigenvalue weighted by Crippen LogP contribution is -2.43. The van der Waals surface area contributed by atoms with Gasteiger partial charge in [-0.3, -0.25) is 9.59 Å². The minimum Gasteiger partial charge on any atom is -0.352 e. The van der Waals surface area contributed by atoms with Gasteiger partial charge in [0.15, 0.2) is 0 Å². The monoisotopic (exact) mass is 408 g/mol. The van der Waals surface area contributed by atoms with Crippen LogP contribution in [0.1, 0.15) is 39.5 Å². The third-order valence-corrected chi connectivity index (χ3v) is 5.56. The van der Waals surface area contributed by atoms with Crippen molar-refractivity contribution in [1.29, 1.82) is 0 Å². The third kappa shape index (κ3) is 5.51. The van der Waals surface area contributed by atoms with E-state index in [2.05, 4.69) is 10.3 Å². The van der Waals surface area contributed by atoms with E-state index in [1.165, 1.54) is 16.9 Å². The fourth-order valence-electron chi connectivity index (χ4n) is 3.05. The smallest absolute Gasteiger partial charge is 0.273 e. The highest BCUT2D eigenvalue weighted by Gasteiger charge is 2.28. The zero-order valence-corrected chi connectivity index (χ0v) is 16.9. The molecule has 1 saturated heterocycles. The Bertz CT molecular complexity index is 770. The van der Waals surface area contributed by atoms with Crippen LogP contribution < -0.4 is 11.1 Å². The number of nitrogens with two attached hydrogens (primary N) is 1. The first-order chi connectivity index (χ1) is 12.6. The molecule has 0 unspecified atom stereocenters. The van der Waals surface area contributed by atoms with Gasteiger partial charge in [0.1, 0.15) is 10.7 Å². The number of hydrogen-bond donors (Lipinski definition) is 2. The van der Waals surface area contributed by atoms with Crippen molar-refractivity contribution in [2.24, 2.45) is 11.7 Å². The maximum absolute atomic E-state index is 12.5. The Morgan fingerprint density at radius 1 is 1.26 bits per heavy atom. The van der Waals surface area contributed by atoms with Crippen LogP contribution in [0.25, 0.3) is 0 Å². The van der Waals surface area contributed by atoms with Crippen molar-refractivity contribution in [1.82, 2.24) is 15.2 Å². The number of aromatic nitrogens is 1. The van der Waals surface area contributed by atoms with Crippen LogP contribution in [0.4, 0.5) is 0 Å². The third-order valence-electron chi connectivity index (χ3n) is 4.69. The molecule has 0 bridgehead atoms. The van der Waals surface area contributed by atoms with E-state index in [0.717, 1.165) is 10.6 Å². The van der Waals surface area contributed by atoms with Crippen molar-refractivity contribution < 1.29 is 9.59 Å².